The van der Waals surface area contributed by atoms with Crippen molar-refractivity contribution in [3.63, 3.8) is 0 Å². The molecule has 5 nitrogen and oxygen atoms in total. The molecule has 0 heterocycles. The van der Waals surface area contributed by atoms with Crippen molar-refractivity contribution in [2.75, 3.05) is 13.2 Å². The Kier molecular flexibility index (Phi) is 21.5. The summed E-state index contributed by atoms with van der Waals surface area (Å²) in [7, 11) is 0. The van der Waals surface area contributed by atoms with Gasteiger partial charge in [0, 0.05) is 25.4 Å². The first-order chi connectivity index (χ1) is 8.51. The fraction of sp³-hybridized carbons (Fsp3) is 0.385. The summed E-state index contributed by atoms with van der Waals surface area (Å²) in [6.45, 7) is 12.4. The molecule has 0 saturated heterocycles. The molecule has 0 aromatic heterocycles. The Morgan fingerprint density at radius 1 is 1.16 bits per heavy atom. The standard InChI is InChI=1S/C9H10O4.C4H10O.Ca.2H/c1-3-7(4-2)13-9(12)6-5-8(10)11;1-3-5-4-2;;;/h3-7H,1-2H2,(H,10,11);3-4H2,1-2H3;;;/b6-5-;;;;. The third kappa shape index (κ3) is 19.9. The molecule has 0 saturated carbocycles. The number of ether oxygens (including phenoxy) is 2. The third-order valence-corrected chi connectivity index (χ3v) is 1.49. The van der Waals surface area contributed by atoms with Crippen LogP contribution in [0.1, 0.15) is 13.8 Å². The molecule has 0 aromatic carbocycles. The molecule has 0 aliphatic rings. The van der Waals surface area contributed by atoms with E-state index < -0.39 is 18.0 Å². The van der Waals surface area contributed by atoms with Crippen molar-refractivity contribution < 1.29 is 24.2 Å². The number of esters is 1. The summed E-state index contributed by atoms with van der Waals surface area (Å²) in [6, 6.07) is 0. The molecule has 0 atom stereocenters. The average Bonchev–Trinajstić information content (AvgIpc) is 2.35. The summed E-state index contributed by atoms with van der Waals surface area (Å²) >= 11 is 0. The Morgan fingerprint density at radius 2 is 1.63 bits per heavy atom. The predicted molar refractivity (Wildman–Crippen MR) is 77.8 cm³/mol. The van der Waals surface area contributed by atoms with Gasteiger partial charge in [-0.3, -0.25) is 0 Å². The van der Waals surface area contributed by atoms with E-state index in [0.29, 0.717) is 6.08 Å². The molecule has 0 aliphatic heterocycles. The number of hydrogen-bond acceptors (Lipinski definition) is 4. The van der Waals surface area contributed by atoms with Gasteiger partial charge in [-0.2, -0.15) is 0 Å². The van der Waals surface area contributed by atoms with Gasteiger partial charge >= 0.3 is 49.7 Å². The second-order valence-corrected chi connectivity index (χ2v) is 2.83. The molecule has 0 aromatic rings. The molecule has 0 spiro atoms. The molecule has 0 fully saturated rings. The molecule has 106 valence electrons. The number of aliphatic carboxylic acids is 1. The Bertz CT molecular complexity index is 289. The SMILES string of the molecule is C=CC(C=C)OC(=O)/C=C\C(=O)O.CCOCC.[CaH2]. The summed E-state index contributed by atoms with van der Waals surface area (Å²) < 4.78 is 9.51. The van der Waals surface area contributed by atoms with Crippen LogP contribution in [0.5, 0.6) is 0 Å². The Hall–Kier alpha value is -0.620. The number of rotatable bonds is 7. The van der Waals surface area contributed by atoms with Gasteiger partial charge < -0.3 is 14.6 Å². The van der Waals surface area contributed by atoms with E-state index in [2.05, 4.69) is 17.9 Å². The molecule has 0 unspecified atom stereocenters. The van der Waals surface area contributed by atoms with Crippen molar-refractivity contribution in [1.82, 2.24) is 0 Å². The number of carbonyl (C=O) groups excluding carboxylic acids is 1. The van der Waals surface area contributed by atoms with Gasteiger partial charge in [-0.25, -0.2) is 9.59 Å². The van der Waals surface area contributed by atoms with Crippen LogP contribution >= 0.6 is 0 Å². The molecule has 1 N–H and O–H groups in total. The fourth-order valence-electron chi connectivity index (χ4n) is 0.709. The van der Waals surface area contributed by atoms with Gasteiger partial charge in [0.1, 0.15) is 6.10 Å². The van der Waals surface area contributed by atoms with Crippen LogP contribution in [0.4, 0.5) is 0 Å². The number of carboxylic acid groups (broad SMARTS) is 1. The molecule has 0 amide bonds. The van der Waals surface area contributed by atoms with E-state index in [1.807, 2.05) is 13.8 Å². The zero-order valence-electron chi connectivity index (χ0n) is 10.8. The molecule has 6 heteroatoms. The van der Waals surface area contributed by atoms with E-state index in [1.165, 1.54) is 12.2 Å². The van der Waals surface area contributed by atoms with E-state index in [-0.39, 0.29) is 37.7 Å². The van der Waals surface area contributed by atoms with Crippen molar-refractivity contribution in [1.29, 1.82) is 0 Å². The molecule has 0 radical (unpaired) electrons. The first-order valence-electron chi connectivity index (χ1n) is 5.46. The monoisotopic (exact) mass is 298 g/mol. The average molecular weight is 298 g/mol. The van der Waals surface area contributed by atoms with Crippen LogP contribution in [0.15, 0.2) is 37.5 Å². The van der Waals surface area contributed by atoms with Gasteiger partial charge in [-0.05, 0) is 26.0 Å². The van der Waals surface area contributed by atoms with Crippen LogP contribution < -0.4 is 0 Å². The van der Waals surface area contributed by atoms with Crippen LogP contribution in [-0.2, 0) is 19.1 Å². The van der Waals surface area contributed by atoms with Crippen LogP contribution in [-0.4, -0.2) is 74.1 Å². The summed E-state index contributed by atoms with van der Waals surface area (Å²) in [4.78, 5) is 20.8. The van der Waals surface area contributed by atoms with E-state index in [4.69, 9.17) is 9.84 Å². The van der Waals surface area contributed by atoms with Crippen LogP contribution in [0.2, 0.25) is 0 Å². The van der Waals surface area contributed by atoms with Crippen molar-refractivity contribution in [3.8, 4) is 0 Å². The first kappa shape index (κ1) is 23.5. The molecular weight excluding hydrogens is 276 g/mol. The number of carbonyl (C=O) groups is 2. The predicted octanol–water partition coefficient (Wildman–Crippen LogP) is 1.04. The summed E-state index contributed by atoms with van der Waals surface area (Å²) in [5.74, 6) is -1.95. The quantitative estimate of drug-likeness (QED) is 0.329. The van der Waals surface area contributed by atoms with E-state index in [9.17, 15) is 9.59 Å². The first-order valence-corrected chi connectivity index (χ1v) is 5.46. The van der Waals surface area contributed by atoms with Gasteiger partial charge in [-0.15, -0.1) is 0 Å². The second kappa shape index (κ2) is 17.4. The van der Waals surface area contributed by atoms with Crippen LogP contribution in [0, 0.1) is 0 Å². The summed E-state index contributed by atoms with van der Waals surface area (Å²) in [5, 5.41) is 8.18. The minimum atomic E-state index is -1.20. The molecule has 0 rings (SSSR count). The third-order valence-electron chi connectivity index (χ3n) is 1.49. The van der Waals surface area contributed by atoms with Crippen molar-refractivity contribution in [3.05, 3.63) is 37.5 Å². The Labute approximate surface area is 144 Å². The normalized spacial score (nSPS) is 9.00. The van der Waals surface area contributed by atoms with Crippen LogP contribution in [0.3, 0.4) is 0 Å². The maximum atomic E-state index is 10.8. The molecule has 19 heavy (non-hydrogen) atoms. The fourth-order valence-corrected chi connectivity index (χ4v) is 0.709. The van der Waals surface area contributed by atoms with Gasteiger partial charge in [0.2, 0.25) is 0 Å². The zero-order valence-corrected chi connectivity index (χ0v) is 10.8. The molecular formula is C13H22CaO5. The zero-order chi connectivity index (χ0) is 14.4. The van der Waals surface area contributed by atoms with Gasteiger partial charge in [-0.1, -0.05) is 13.2 Å². The van der Waals surface area contributed by atoms with Gasteiger partial charge in [0.15, 0.2) is 0 Å². The van der Waals surface area contributed by atoms with Gasteiger partial charge in [0.05, 0.1) is 0 Å². The maximum absolute atomic E-state index is 10.8. The van der Waals surface area contributed by atoms with Crippen molar-refractivity contribution in [2.24, 2.45) is 0 Å². The summed E-state index contributed by atoms with van der Waals surface area (Å²) in [6.07, 6.45) is 3.68. The van der Waals surface area contributed by atoms with Gasteiger partial charge in [0.25, 0.3) is 0 Å². The Morgan fingerprint density at radius 3 is 1.89 bits per heavy atom. The number of hydrogen-bond donors (Lipinski definition) is 1. The van der Waals surface area contributed by atoms with Crippen molar-refractivity contribution >= 4 is 49.7 Å². The second-order valence-electron chi connectivity index (χ2n) is 2.83. The number of carboxylic acids is 1. The summed E-state index contributed by atoms with van der Waals surface area (Å²) in [5.41, 5.74) is 0. The molecule has 0 bridgehead atoms. The van der Waals surface area contributed by atoms with E-state index in [1.54, 1.807) is 0 Å². The minimum absolute atomic E-state index is 0. The van der Waals surface area contributed by atoms with E-state index >= 15 is 0 Å². The molecule has 0 aliphatic carbocycles. The Balaban J connectivity index is -0.000000366. The van der Waals surface area contributed by atoms with E-state index in [0.717, 1.165) is 19.3 Å². The van der Waals surface area contributed by atoms with Crippen LogP contribution in [0.25, 0.3) is 0 Å². The van der Waals surface area contributed by atoms with Crippen molar-refractivity contribution in [2.45, 2.75) is 20.0 Å². The topological polar surface area (TPSA) is 72.8 Å².